The molecule has 1 heterocycles. The molecule has 2 aliphatic rings. The van der Waals surface area contributed by atoms with Crippen LogP contribution >= 0.6 is 0 Å². The fraction of sp³-hybridized carbons (Fsp3) is 0.364. The minimum absolute atomic E-state index is 0.0594. The number of rotatable bonds is 5. The Kier molecular flexibility index (Phi) is 5.81. The van der Waals surface area contributed by atoms with Gasteiger partial charge in [0.05, 0.1) is 26.3 Å². The van der Waals surface area contributed by atoms with Crippen LogP contribution in [0.3, 0.4) is 0 Å². The van der Waals surface area contributed by atoms with Crippen molar-refractivity contribution >= 4 is 17.5 Å². The van der Waals surface area contributed by atoms with Crippen molar-refractivity contribution in [2.75, 3.05) is 19.5 Å². The monoisotopic (exact) mass is 468 g/mol. The molecule has 1 atom stereocenters. The summed E-state index contributed by atoms with van der Waals surface area (Å²) < 4.78 is 70.5. The summed E-state index contributed by atoms with van der Waals surface area (Å²) in [6.07, 6.45) is -4.48. The third-order valence-electron chi connectivity index (χ3n) is 5.36. The largest absolute Gasteiger partial charge is 0.496 e. The number of ketones is 1. The van der Waals surface area contributed by atoms with Gasteiger partial charge in [-0.05, 0) is 25.0 Å². The lowest BCUT2D eigenvalue weighted by molar-refractivity contribution is -0.140. The third kappa shape index (κ3) is 4.53. The molecule has 0 radical (unpaired) electrons. The predicted molar refractivity (Wildman–Crippen MR) is 108 cm³/mol. The minimum Gasteiger partial charge on any atom is -0.496 e. The maximum Gasteiger partial charge on any atom is 0.423 e. The van der Waals surface area contributed by atoms with Crippen LogP contribution in [0.1, 0.15) is 46.9 Å². The van der Waals surface area contributed by atoms with Gasteiger partial charge < -0.3 is 24.8 Å². The maximum atomic E-state index is 13.9. The molecule has 0 saturated heterocycles. The van der Waals surface area contributed by atoms with Crippen molar-refractivity contribution in [1.29, 1.82) is 0 Å². The van der Waals surface area contributed by atoms with E-state index in [1.165, 1.54) is 6.07 Å². The van der Waals surface area contributed by atoms with Crippen molar-refractivity contribution in [1.82, 2.24) is 5.32 Å². The number of ether oxygens (including phenoxy) is 3. The van der Waals surface area contributed by atoms with Crippen LogP contribution in [-0.4, -0.2) is 32.1 Å². The molecule has 0 bridgehead atoms. The molecular formula is C22H20F4N2O5. The second-order valence-electron chi connectivity index (χ2n) is 7.70. The van der Waals surface area contributed by atoms with Crippen molar-refractivity contribution in [3.05, 3.63) is 46.8 Å². The molecule has 11 heteroatoms. The Morgan fingerprint density at radius 1 is 1.15 bits per heavy atom. The van der Waals surface area contributed by atoms with Gasteiger partial charge in [0.25, 0.3) is 0 Å². The quantitative estimate of drug-likeness (QED) is 0.613. The highest BCUT2D eigenvalue weighted by atomic mass is 19.4. The maximum absolute atomic E-state index is 13.9. The van der Waals surface area contributed by atoms with E-state index in [-0.39, 0.29) is 29.5 Å². The Hall–Kier alpha value is -3.50. The first kappa shape index (κ1) is 22.7. The zero-order chi connectivity index (χ0) is 23.9. The lowest BCUT2D eigenvalue weighted by Crippen LogP contribution is -2.31. The number of halogens is 4. The molecule has 0 spiro atoms. The molecule has 176 valence electrons. The molecule has 2 N–H and O–H groups in total. The number of hydrogen-bond acceptors (Lipinski definition) is 5. The summed E-state index contributed by atoms with van der Waals surface area (Å²) in [5.41, 5.74) is -1.20. The van der Waals surface area contributed by atoms with Crippen molar-refractivity contribution in [2.45, 2.75) is 37.6 Å². The van der Waals surface area contributed by atoms with Crippen molar-refractivity contribution < 1.29 is 41.4 Å². The summed E-state index contributed by atoms with van der Waals surface area (Å²) >= 11 is 0. The summed E-state index contributed by atoms with van der Waals surface area (Å²) in [5.74, 6) is -2.73. The van der Waals surface area contributed by atoms with E-state index < -0.39 is 47.0 Å². The number of urea groups is 1. The first-order valence-corrected chi connectivity index (χ1v) is 10.0. The van der Waals surface area contributed by atoms with Gasteiger partial charge in [0.2, 0.25) is 0 Å². The second-order valence-corrected chi connectivity index (χ2v) is 7.70. The van der Waals surface area contributed by atoms with Gasteiger partial charge in [-0.15, -0.1) is 0 Å². The number of methoxy groups -OCH3 is 2. The van der Waals surface area contributed by atoms with Crippen LogP contribution in [0.15, 0.2) is 24.3 Å². The summed E-state index contributed by atoms with van der Waals surface area (Å²) in [4.78, 5) is 25.1. The first-order valence-electron chi connectivity index (χ1n) is 10.0. The molecular weight excluding hydrogens is 448 g/mol. The van der Waals surface area contributed by atoms with Crippen molar-refractivity contribution in [3.8, 4) is 17.2 Å². The zero-order valence-corrected chi connectivity index (χ0v) is 17.6. The smallest absolute Gasteiger partial charge is 0.423 e. The number of anilines is 1. The van der Waals surface area contributed by atoms with E-state index in [2.05, 4.69) is 10.6 Å². The van der Waals surface area contributed by atoms with E-state index in [1.54, 1.807) is 0 Å². The van der Waals surface area contributed by atoms with Gasteiger partial charge in [0.15, 0.2) is 5.78 Å². The van der Waals surface area contributed by atoms with Crippen LogP contribution in [0.25, 0.3) is 0 Å². The van der Waals surface area contributed by atoms with Gasteiger partial charge in [-0.25, -0.2) is 9.18 Å². The Balaban J connectivity index is 1.73. The molecule has 0 aromatic heterocycles. The molecule has 33 heavy (non-hydrogen) atoms. The molecule has 1 aliphatic carbocycles. The number of carbonyl (C=O) groups excluding carboxylic acids is 2. The molecule has 2 aromatic carbocycles. The van der Waals surface area contributed by atoms with Gasteiger partial charge in [0.1, 0.15) is 40.3 Å². The number of amides is 2. The summed E-state index contributed by atoms with van der Waals surface area (Å²) in [5, 5.41) is 5.26. The Bertz CT molecular complexity index is 1110. The zero-order valence-electron chi connectivity index (χ0n) is 17.6. The predicted octanol–water partition coefficient (Wildman–Crippen LogP) is 4.85. The van der Waals surface area contributed by atoms with E-state index in [4.69, 9.17) is 14.2 Å². The normalized spacial score (nSPS) is 17.6. The van der Waals surface area contributed by atoms with Gasteiger partial charge in [-0.3, -0.25) is 4.79 Å². The van der Waals surface area contributed by atoms with E-state index in [0.29, 0.717) is 5.56 Å². The summed E-state index contributed by atoms with van der Waals surface area (Å²) in [7, 11) is 2.07. The number of alkyl halides is 3. The topological polar surface area (TPSA) is 85.9 Å². The van der Waals surface area contributed by atoms with Gasteiger partial charge >= 0.3 is 12.2 Å². The number of carbonyl (C=O) groups is 2. The molecule has 1 aliphatic heterocycles. The molecule has 7 nitrogen and oxygen atoms in total. The average Bonchev–Trinajstić information content (AvgIpc) is 3.55. The first-order chi connectivity index (χ1) is 15.6. The van der Waals surface area contributed by atoms with E-state index in [9.17, 15) is 27.2 Å². The fourth-order valence-corrected chi connectivity index (χ4v) is 3.73. The lowest BCUT2D eigenvalue weighted by atomic mass is 9.92. The Morgan fingerprint density at radius 2 is 1.88 bits per heavy atom. The molecule has 1 saturated carbocycles. The summed E-state index contributed by atoms with van der Waals surface area (Å²) in [6.45, 7) is 0. The van der Waals surface area contributed by atoms with E-state index >= 15 is 0 Å². The van der Waals surface area contributed by atoms with Crippen LogP contribution in [0.2, 0.25) is 0 Å². The number of nitrogens with one attached hydrogen (secondary N) is 2. The number of fused-ring (bicyclic) bond motifs is 1. The molecule has 2 amide bonds. The summed E-state index contributed by atoms with van der Waals surface area (Å²) in [6, 6.07) is 4.06. The molecule has 2 aromatic rings. The fourth-order valence-electron chi connectivity index (χ4n) is 3.73. The third-order valence-corrected chi connectivity index (χ3v) is 5.36. The van der Waals surface area contributed by atoms with Crippen LogP contribution in [0.4, 0.5) is 28.0 Å². The van der Waals surface area contributed by atoms with Crippen LogP contribution in [0.5, 0.6) is 17.2 Å². The van der Waals surface area contributed by atoms with Gasteiger partial charge in [-0.2, -0.15) is 13.2 Å². The Morgan fingerprint density at radius 3 is 2.48 bits per heavy atom. The molecule has 1 unspecified atom stereocenters. The second kappa shape index (κ2) is 8.45. The van der Waals surface area contributed by atoms with E-state index in [1.807, 2.05) is 0 Å². The van der Waals surface area contributed by atoms with Gasteiger partial charge in [-0.1, -0.05) is 6.07 Å². The SMILES string of the molecule is COc1cc2c(c(OC)c1C(F)(F)F)C(=O)CC(c1ccc(F)cc1NC(=O)NC1CC1)O2. The number of hydrogen-bond donors (Lipinski definition) is 2. The molecule has 4 rings (SSSR count). The average molecular weight is 468 g/mol. The standard InChI is InChI=1S/C22H20F4N2O5/c1-31-17-9-16-18(20(32-2)19(17)22(24,25)26)14(29)8-15(33-16)12-6-3-10(23)7-13(12)28-21(30)27-11-4-5-11/h3,6-7,9,11,15H,4-5,8H2,1-2H3,(H2,27,28,30). The van der Waals surface area contributed by atoms with Gasteiger partial charge in [0, 0.05) is 17.7 Å². The minimum atomic E-state index is -4.84. The molecule has 1 fully saturated rings. The van der Waals surface area contributed by atoms with Crippen molar-refractivity contribution in [2.24, 2.45) is 0 Å². The van der Waals surface area contributed by atoms with Crippen LogP contribution in [-0.2, 0) is 6.18 Å². The lowest BCUT2D eigenvalue weighted by Gasteiger charge is -2.29. The number of Topliss-reactive ketones (excluding diaryl/α,β-unsaturated/α-hetero) is 1. The highest BCUT2D eigenvalue weighted by molar-refractivity contribution is 6.03. The van der Waals surface area contributed by atoms with E-state index in [0.717, 1.165) is 45.3 Å². The van der Waals surface area contributed by atoms with Crippen LogP contribution in [0, 0.1) is 5.82 Å². The van der Waals surface area contributed by atoms with Crippen molar-refractivity contribution in [3.63, 3.8) is 0 Å². The van der Waals surface area contributed by atoms with Crippen LogP contribution < -0.4 is 24.8 Å². The Labute approximate surface area is 186 Å². The highest BCUT2D eigenvalue weighted by Crippen LogP contribution is 2.51. The number of benzene rings is 2. The highest BCUT2D eigenvalue weighted by Gasteiger charge is 2.43.